The van der Waals surface area contributed by atoms with E-state index in [1.54, 1.807) is 6.26 Å². The minimum Gasteiger partial charge on any atom is -0.468 e. The second-order valence-electron chi connectivity index (χ2n) is 4.44. The topological polar surface area (TPSA) is 28.4 Å². The van der Waals surface area contributed by atoms with Gasteiger partial charge in [-0.3, -0.25) is 0 Å². The molecular weight excluding hydrogens is 200 g/mol. The highest BCUT2D eigenvalue weighted by Gasteiger charge is 2.10. The summed E-state index contributed by atoms with van der Waals surface area (Å²) >= 11 is 0. The molecule has 0 aromatic carbocycles. The third kappa shape index (κ3) is 4.81. The van der Waals surface area contributed by atoms with Gasteiger partial charge < -0.3 is 14.6 Å². The van der Waals surface area contributed by atoms with Crippen LogP contribution in [0.1, 0.15) is 38.0 Å². The monoisotopic (exact) mass is 224 g/mol. The maximum Gasteiger partial charge on any atom is 0.120 e. The van der Waals surface area contributed by atoms with Crippen molar-refractivity contribution in [2.75, 3.05) is 27.2 Å². The zero-order valence-electron chi connectivity index (χ0n) is 10.7. The Morgan fingerprint density at radius 3 is 2.75 bits per heavy atom. The molecule has 0 saturated carbocycles. The second kappa shape index (κ2) is 7.47. The Kier molecular flexibility index (Phi) is 6.19. The molecule has 0 fully saturated rings. The van der Waals surface area contributed by atoms with Crippen molar-refractivity contribution in [1.82, 2.24) is 10.2 Å². The first-order chi connectivity index (χ1) is 7.74. The summed E-state index contributed by atoms with van der Waals surface area (Å²) in [6.07, 6.45) is 5.27. The molecule has 0 bridgehead atoms. The van der Waals surface area contributed by atoms with Crippen molar-refractivity contribution in [3.8, 4) is 0 Å². The molecule has 1 aromatic rings. The third-order valence-corrected chi connectivity index (χ3v) is 2.72. The molecule has 3 heteroatoms. The maximum absolute atomic E-state index is 5.41. The van der Waals surface area contributed by atoms with Crippen molar-refractivity contribution in [3.05, 3.63) is 24.2 Å². The summed E-state index contributed by atoms with van der Waals surface area (Å²) in [6, 6.07) is 4.36. The van der Waals surface area contributed by atoms with Crippen molar-refractivity contribution in [2.24, 2.45) is 0 Å². The molecule has 1 N–H and O–H groups in total. The molecule has 0 radical (unpaired) electrons. The van der Waals surface area contributed by atoms with E-state index in [1.165, 1.54) is 19.4 Å². The van der Waals surface area contributed by atoms with Gasteiger partial charge in [0.1, 0.15) is 5.76 Å². The molecule has 0 aliphatic carbocycles. The normalized spacial score (nSPS) is 13.2. The van der Waals surface area contributed by atoms with Crippen molar-refractivity contribution in [2.45, 2.75) is 32.2 Å². The number of unbranched alkanes of at least 4 members (excludes halogenated alkanes) is 1. The van der Waals surface area contributed by atoms with E-state index >= 15 is 0 Å². The van der Waals surface area contributed by atoms with Gasteiger partial charge in [-0.25, -0.2) is 0 Å². The first-order valence-corrected chi connectivity index (χ1v) is 6.15. The van der Waals surface area contributed by atoms with E-state index in [0.29, 0.717) is 6.04 Å². The van der Waals surface area contributed by atoms with E-state index in [0.717, 1.165) is 18.7 Å². The maximum atomic E-state index is 5.41. The van der Waals surface area contributed by atoms with Crippen LogP contribution in [0.5, 0.6) is 0 Å². The summed E-state index contributed by atoms with van der Waals surface area (Å²) in [6.45, 7) is 4.41. The lowest BCUT2D eigenvalue weighted by Gasteiger charge is -2.15. The van der Waals surface area contributed by atoms with Crippen LogP contribution in [0, 0.1) is 0 Å². The molecule has 0 aliphatic heterocycles. The first kappa shape index (κ1) is 13.3. The highest BCUT2D eigenvalue weighted by atomic mass is 16.3. The quantitative estimate of drug-likeness (QED) is 0.688. The number of rotatable bonds is 8. The van der Waals surface area contributed by atoms with Crippen LogP contribution >= 0.6 is 0 Å². The van der Waals surface area contributed by atoms with Crippen LogP contribution in [-0.2, 0) is 0 Å². The summed E-state index contributed by atoms with van der Waals surface area (Å²) in [4.78, 5) is 2.23. The molecule has 1 unspecified atom stereocenters. The van der Waals surface area contributed by atoms with Gasteiger partial charge in [-0.05, 0) is 58.6 Å². The number of nitrogens with one attached hydrogen (secondary N) is 1. The largest absolute Gasteiger partial charge is 0.468 e. The molecule has 1 heterocycles. The fourth-order valence-electron chi connectivity index (χ4n) is 1.76. The van der Waals surface area contributed by atoms with Crippen molar-refractivity contribution >= 4 is 0 Å². The highest BCUT2D eigenvalue weighted by molar-refractivity contribution is 5.03. The zero-order chi connectivity index (χ0) is 11.8. The smallest absolute Gasteiger partial charge is 0.120 e. The fraction of sp³-hybridized carbons (Fsp3) is 0.692. The lowest BCUT2D eigenvalue weighted by Crippen LogP contribution is -2.22. The van der Waals surface area contributed by atoms with Gasteiger partial charge in [-0.15, -0.1) is 0 Å². The van der Waals surface area contributed by atoms with Crippen molar-refractivity contribution in [1.29, 1.82) is 0 Å². The van der Waals surface area contributed by atoms with E-state index < -0.39 is 0 Å². The van der Waals surface area contributed by atoms with E-state index in [2.05, 4.69) is 31.2 Å². The van der Waals surface area contributed by atoms with Gasteiger partial charge in [0.25, 0.3) is 0 Å². The molecular formula is C13H24N2O. The Balaban J connectivity index is 2.15. The summed E-state index contributed by atoms with van der Waals surface area (Å²) < 4.78 is 5.41. The van der Waals surface area contributed by atoms with Crippen LogP contribution < -0.4 is 5.32 Å². The predicted molar refractivity (Wildman–Crippen MR) is 67.5 cm³/mol. The van der Waals surface area contributed by atoms with Gasteiger partial charge in [0.15, 0.2) is 0 Å². The molecule has 1 aromatic heterocycles. The van der Waals surface area contributed by atoms with Crippen LogP contribution in [0.15, 0.2) is 22.8 Å². The van der Waals surface area contributed by atoms with E-state index in [9.17, 15) is 0 Å². The molecule has 0 aliphatic rings. The molecule has 0 spiro atoms. The summed E-state index contributed by atoms with van der Waals surface area (Å²) in [5, 5.41) is 3.53. The van der Waals surface area contributed by atoms with E-state index in [4.69, 9.17) is 4.42 Å². The number of hydrogen-bond donors (Lipinski definition) is 1. The summed E-state index contributed by atoms with van der Waals surface area (Å²) in [5.74, 6) is 1.05. The Morgan fingerprint density at radius 2 is 2.19 bits per heavy atom. The first-order valence-electron chi connectivity index (χ1n) is 6.15. The molecule has 0 amide bonds. The minimum absolute atomic E-state index is 0.370. The van der Waals surface area contributed by atoms with Crippen LogP contribution in [0.2, 0.25) is 0 Å². The second-order valence-corrected chi connectivity index (χ2v) is 4.44. The van der Waals surface area contributed by atoms with Gasteiger partial charge in [0, 0.05) is 0 Å². The summed E-state index contributed by atoms with van der Waals surface area (Å²) in [5.41, 5.74) is 0. The minimum atomic E-state index is 0.370. The molecule has 1 atom stereocenters. The van der Waals surface area contributed by atoms with Crippen molar-refractivity contribution < 1.29 is 4.42 Å². The molecule has 3 nitrogen and oxygen atoms in total. The SMILES string of the molecule is CCC(NCCCCN(C)C)c1ccco1. The molecule has 1 rings (SSSR count). The molecule has 16 heavy (non-hydrogen) atoms. The van der Waals surface area contributed by atoms with Crippen LogP contribution in [0.25, 0.3) is 0 Å². The Hall–Kier alpha value is -0.800. The standard InChI is InChI=1S/C13H24N2O/c1-4-12(13-8-7-11-16-13)14-9-5-6-10-15(2)3/h7-8,11-12,14H,4-6,9-10H2,1-3H3. The Bertz CT molecular complexity index is 257. The lowest BCUT2D eigenvalue weighted by atomic mass is 10.1. The Morgan fingerprint density at radius 1 is 1.38 bits per heavy atom. The van der Waals surface area contributed by atoms with Gasteiger partial charge in [-0.1, -0.05) is 6.92 Å². The fourth-order valence-corrected chi connectivity index (χ4v) is 1.76. The van der Waals surface area contributed by atoms with Gasteiger partial charge in [0.05, 0.1) is 12.3 Å². The molecule has 0 saturated heterocycles. The van der Waals surface area contributed by atoms with Crippen molar-refractivity contribution in [3.63, 3.8) is 0 Å². The Labute approximate surface area is 98.8 Å². The zero-order valence-corrected chi connectivity index (χ0v) is 10.7. The van der Waals surface area contributed by atoms with Crippen LogP contribution in [-0.4, -0.2) is 32.1 Å². The number of furan rings is 1. The van der Waals surface area contributed by atoms with Crippen LogP contribution in [0.3, 0.4) is 0 Å². The average molecular weight is 224 g/mol. The van der Waals surface area contributed by atoms with Crippen LogP contribution in [0.4, 0.5) is 0 Å². The van der Waals surface area contributed by atoms with E-state index in [-0.39, 0.29) is 0 Å². The van der Waals surface area contributed by atoms with Gasteiger partial charge in [0.2, 0.25) is 0 Å². The average Bonchev–Trinajstić information content (AvgIpc) is 2.76. The number of hydrogen-bond acceptors (Lipinski definition) is 3. The third-order valence-electron chi connectivity index (χ3n) is 2.72. The van der Waals surface area contributed by atoms with E-state index in [1.807, 2.05) is 12.1 Å². The predicted octanol–water partition coefficient (Wildman–Crippen LogP) is 2.66. The molecule has 92 valence electrons. The summed E-state index contributed by atoms with van der Waals surface area (Å²) in [7, 11) is 4.23. The highest BCUT2D eigenvalue weighted by Crippen LogP contribution is 2.16. The van der Waals surface area contributed by atoms with Gasteiger partial charge >= 0.3 is 0 Å². The van der Waals surface area contributed by atoms with Gasteiger partial charge in [-0.2, -0.15) is 0 Å². The lowest BCUT2D eigenvalue weighted by molar-refractivity contribution is 0.374. The number of nitrogens with zero attached hydrogens (tertiary/aromatic N) is 1.